The van der Waals surface area contributed by atoms with Crippen LogP contribution in [0.25, 0.3) is 0 Å². The summed E-state index contributed by atoms with van der Waals surface area (Å²) in [6, 6.07) is 5.54. The van der Waals surface area contributed by atoms with E-state index >= 15 is 0 Å². The summed E-state index contributed by atoms with van der Waals surface area (Å²) in [6.07, 6.45) is 2.08. The van der Waals surface area contributed by atoms with Crippen LogP contribution in [0.15, 0.2) is 32.9 Å². The molecule has 0 spiro atoms. The maximum absolute atomic E-state index is 12.5. The third kappa shape index (κ3) is 17.3. The fourth-order valence-corrected chi connectivity index (χ4v) is 10.8. The molecule has 16 heteroatoms. The van der Waals surface area contributed by atoms with Crippen molar-refractivity contribution in [3.63, 3.8) is 0 Å². The highest BCUT2D eigenvalue weighted by Gasteiger charge is 2.25. The van der Waals surface area contributed by atoms with Gasteiger partial charge in [0.05, 0.1) is 14.7 Å². The Hall–Kier alpha value is -2.08. The van der Waals surface area contributed by atoms with Crippen LogP contribution in [-0.2, 0) is 38.7 Å². The van der Waals surface area contributed by atoms with Gasteiger partial charge in [-0.2, -0.15) is 0 Å². The molecule has 0 aromatic heterocycles. The van der Waals surface area contributed by atoms with Gasteiger partial charge in [-0.25, -0.2) is 35.1 Å². The summed E-state index contributed by atoms with van der Waals surface area (Å²) >= 11 is 5.26. The van der Waals surface area contributed by atoms with Crippen LogP contribution in [0.5, 0.6) is 0 Å². The van der Waals surface area contributed by atoms with Crippen molar-refractivity contribution in [1.82, 2.24) is 4.72 Å². The topological polar surface area (TPSA) is 175 Å². The minimum Gasteiger partial charge on any atom is -0.281 e. The molecular formula is C43H67Cl2IN2O8S3. The summed E-state index contributed by atoms with van der Waals surface area (Å²) in [6.45, 7) is 32.1. The lowest BCUT2D eigenvalue weighted by molar-refractivity contribution is -0.120. The number of benzene rings is 3. The minimum atomic E-state index is -3.81. The number of rotatable bonds is 10. The first kappa shape index (κ1) is 59.0. The van der Waals surface area contributed by atoms with Gasteiger partial charge in [-0.3, -0.25) is 9.59 Å². The lowest BCUT2D eigenvalue weighted by Crippen LogP contribution is -2.32. The van der Waals surface area contributed by atoms with Crippen molar-refractivity contribution in [2.75, 3.05) is 0 Å². The third-order valence-electron chi connectivity index (χ3n) is 11.0. The molecule has 3 N–H and O–H groups in total. The summed E-state index contributed by atoms with van der Waals surface area (Å²) in [7, 11) is -5.68. The average molecular weight is 1030 g/mol. The summed E-state index contributed by atoms with van der Waals surface area (Å²) < 4.78 is 72.4. The fourth-order valence-electron chi connectivity index (χ4n) is 6.29. The Morgan fingerprint density at radius 1 is 0.593 bits per heavy atom. The Labute approximate surface area is 382 Å². The standard InChI is InChI=1S/C16H25NO3S.C10H13ClO2S.C10H15NO2S.C7H13ClO.HI/c1-7-10(2)8-15(18)17-21(19,20)16-12(4)9-11(3)13(5)14(16)6;2*1-6-5-7(2)10(14(11,12)13)9(4)8(6)3;1-4-5(2)6(3)7(8)9;/h9-10H,7-8H2,1-6H3,(H,17,18);5H,1-4H3;5H,1-4H3,(H2,11,12,13);5-6H,4H2,1-3H3;1H. The number of carbonyl (C=O) groups excluding carboxylic acids is 2. The van der Waals surface area contributed by atoms with Gasteiger partial charge in [0.15, 0.2) is 0 Å². The molecule has 0 saturated heterocycles. The summed E-state index contributed by atoms with van der Waals surface area (Å²) in [5, 5.41) is 4.93. The first-order chi connectivity index (χ1) is 26.2. The van der Waals surface area contributed by atoms with Crippen molar-refractivity contribution in [2.45, 2.75) is 152 Å². The van der Waals surface area contributed by atoms with Gasteiger partial charge in [0.1, 0.15) is 0 Å². The van der Waals surface area contributed by atoms with Crippen molar-refractivity contribution < 1.29 is 34.8 Å². The molecule has 0 fully saturated rings. The van der Waals surface area contributed by atoms with E-state index in [1.54, 1.807) is 41.5 Å². The van der Waals surface area contributed by atoms with Crippen molar-refractivity contribution >= 4 is 86.5 Å². The zero-order valence-electron chi connectivity index (χ0n) is 37.8. The number of carbonyl (C=O) groups is 2. The number of nitrogens with two attached hydrogens (primary N) is 1. The van der Waals surface area contributed by atoms with E-state index in [0.717, 1.165) is 57.3 Å². The van der Waals surface area contributed by atoms with Crippen molar-refractivity contribution in [1.29, 1.82) is 0 Å². The predicted octanol–water partition coefficient (Wildman–Crippen LogP) is 10.6. The van der Waals surface area contributed by atoms with E-state index in [0.29, 0.717) is 28.2 Å². The maximum atomic E-state index is 12.5. The van der Waals surface area contributed by atoms with Crippen LogP contribution < -0.4 is 9.86 Å². The number of sulfonamides is 2. The van der Waals surface area contributed by atoms with E-state index in [1.165, 1.54) is 0 Å². The van der Waals surface area contributed by atoms with E-state index in [4.69, 9.17) is 27.4 Å². The summed E-state index contributed by atoms with van der Waals surface area (Å²) in [5.41, 5.74) is 10.4. The number of hydrogen-bond donors (Lipinski definition) is 2. The number of amides is 1. The van der Waals surface area contributed by atoms with Gasteiger partial charge in [-0.1, -0.05) is 65.7 Å². The zero-order valence-corrected chi connectivity index (χ0v) is 44.1. The molecule has 10 nitrogen and oxygen atoms in total. The van der Waals surface area contributed by atoms with Crippen LogP contribution in [0.4, 0.5) is 0 Å². The van der Waals surface area contributed by atoms with Crippen LogP contribution in [0, 0.1) is 101 Å². The van der Waals surface area contributed by atoms with Crippen LogP contribution in [-0.4, -0.2) is 36.4 Å². The predicted molar refractivity (Wildman–Crippen MR) is 255 cm³/mol. The lowest BCUT2D eigenvalue weighted by atomic mass is 9.95. The van der Waals surface area contributed by atoms with Crippen molar-refractivity contribution in [3.8, 4) is 0 Å². The minimum absolute atomic E-state index is 0. The first-order valence-corrected chi connectivity index (χ1v) is 24.8. The van der Waals surface area contributed by atoms with Gasteiger partial charge in [-0.05, 0) is 173 Å². The van der Waals surface area contributed by atoms with Crippen molar-refractivity contribution in [2.24, 2.45) is 22.9 Å². The Morgan fingerprint density at radius 3 is 1.24 bits per heavy atom. The Kier molecular flexibility index (Phi) is 24.5. The summed E-state index contributed by atoms with van der Waals surface area (Å²) in [4.78, 5) is 23.1. The smallest absolute Gasteiger partial charge is 0.264 e. The molecular weight excluding hydrogens is 966 g/mol. The van der Waals surface area contributed by atoms with Gasteiger partial charge in [0, 0.05) is 23.0 Å². The second-order valence-corrected chi connectivity index (χ2v) is 21.5. The van der Waals surface area contributed by atoms with Crippen LogP contribution >= 0.6 is 46.3 Å². The third-order valence-corrected chi connectivity index (χ3v) is 15.8. The SMILES string of the molecule is CCC(C)C(C)C(=O)Cl.CCC(C)CC(=O)NS(=O)(=O)c1c(C)cc(C)c(C)c1C.Cc1cc(C)c(S(=O)(=O)Cl)c(C)c1C.Cc1cc(C)c(S(N)(=O)=O)c(C)c1C.I. The molecule has 3 atom stereocenters. The van der Waals surface area contributed by atoms with Crippen LogP contribution in [0.1, 0.15) is 121 Å². The normalized spacial score (nSPS) is 12.8. The molecule has 3 aromatic carbocycles. The second-order valence-electron chi connectivity index (χ2n) is 15.5. The number of primary sulfonamides is 1. The number of nitrogens with one attached hydrogen (secondary N) is 1. The highest BCUT2D eigenvalue weighted by atomic mass is 127. The summed E-state index contributed by atoms with van der Waals surface area (Å²) in [5.74, 6) is 0.148. The molecule has 0 aliphatic heterocycles. The van der Waals surface area contributed by atoms with E-state index < -0.39 is 35.0 Å². The number of aryl methyl sites for hydroxylation is 6. The Balaban J connectivity index is 0. The van der Waals surface area contributed by atoms with E-state index in [1.807, 2.05) is 87.4 Å². The van der Waals surface area contributed by atoms with Gasteiger partial charge in [0.2, 0.25) is 21.2 Å². The van der Waals surface area contributed by atoms with Gasteiger partial charge in [-0.15, -0.1) is 24.0 Å². The molecule has 1 amide bonds. The van der Waals surface area contributed by atoms with E-state index in [2.05, 4.69) is 11.6 Å². The molecule has 3 aromatic rings. The van der Waals surface area contributed by atoms with Gasteiger partial charge in [0.25, 0.3) is 19.1 Å². The van der Waals surface area contributed by atoms with E-state index in [9.17, 15) is 34.8 Å². The largest absolute Gasteiger partial charge is 0.281 e. The molecule has 59 heavy (non-hydrogen) atoms. The molecule has 0 heterocycles. The quantitative estimate of drug-likeness (QED) is 0.149. The van der Waals surface area contributed by atoms with Crippen LogP contribution in [0.3, 0.4) is 0 Å². The molecule has 3 rings (SSSR count). The number of halogens is 3. The van der Waals surface area contributed by atoms with Crippen LogP contribution in [0.2, 0.25) is 0 Å². The Morgan fingerprint density at radius 2 is 0.932 bits per heavy atom. The monoisotopic (exact) mass is 1030 g/mol. The fraction of sp³-hybridized carbons (Fsp3) is 0.535. The number of hydrogen-bond acceptors (Lipinski definition) is 8. The Bertz CT molecular complexity index is 2220. The zero-order chi connectivity index (χ0) is 46.0. The molecule has 0 aliphatic carbocycles. The molecule has 0 radical (unpaired) electrons. The maximum Gasteiger partial charge on any atom is 0.264 e. The van der Waals surface area contributed by atoms with Gasteiger partial charge >= 0.3 is 0 Å². The molecule has 0 bridgehead atoms. The molecule has 3 unspecified atom stereocenters. The van der Waals surface area contributed by atoms with Gasteiger partial charge < -0.3 is 0 Å². The highest BCUT2D eigenvalue weighted by molar-refractivity contribution is 14.0. The second kappa shape index (κ2) is 24.5. The molecule has 0 aliphatic rings. The average Bonchev–Trinajstić information content (AvgIpc) is 3.06. The van der Waals surface area contributed by atoms with Crippen molar-refractivity contribution in [3.05, 3.63) is 85.0 Å². The first-order valence-electron chi connectivity index (χ1n) is 19.1. The molecule has 0 saturated carbocycles. The molecule has 336 valence electrons. The lowest BCUT2D eigenvalue weighted by Gasteiger charge is -2.16. The highest BCUT2D eigenvalue weighted by Crippen LogP contribution is 2.29. The van der Waals surface area contributed by atoms with E-state index in [-0.39, 0.29) is 62.2 Å².